The van der Waals surface area contributed by atoms with E-state index in [0.29, 0.717) is 63.7 Å². The quantitative estimate of drug-likeness (QED) is 0.307. The van der Waals surface area contributed by atoms with Crippen molar-refractivity contribution in [1.29, 1.82) is 5.26 Å². The van der Waals surface area contributed by atoms with Crippen LogP contribution in [0, 0.1) is 18.3 Å². The number of fused-ring (bicyclic) bond motifs is 1. The van der Waals surface area contributed by atoms with Crippen LogP contribution in [-0.4, -0.2) is 101 Å². The minimum Gasteiger partial charge on any atom is -0.484 e. The molecule has 1 aliphatic carbocycles. The number of hydrogen-bond donors (Lipinski definition) is 2. The normalized spacial score (nSPS) is 20.3. The van der Waals surface area contributed by atoms with E-state index < -0.39 is 21.7 Å². The number of nitrogens with two attached hydrogens (primary N) is 1. The van der Waals surface area contributed by atoms with E-state index in [4.69, 9.17) is 24.7 Å². The van der Waals surface area contributed by atoms with E-state index in [1.165, 1.54) is 12.1 Å². The van der Waals surface area contributed by atoms with E-state index in [1.807, 2.05) is 40.7 Å². The fourth-order valence-electron chi connectivity index (χ4n) is 5.87. The van der Waals surface area contributed by atoms with Gasteiger partial charge in [-0.1, -0.05) is 6.07 Å². The van der Waals surface area contributed by atoms with E-state index in [9.17, 15) is 18.5 Å². The van der Waals surface area contributed by atoms with Crippen molar-refractivity contribution in [3.8, 4) is 11.8 Å². The van der Waals surface area contributed by atoms with Gasteiger partial charge in [0.15, 0.2) is 0 Å². The lowest BCUT2D eigenvalue weighted by Gasteiger charge is -2.43. The first-order valence-corrected chi connectivity index (χ1v) is 17.2. The number of rotatable bonds is 13. The van der Waals surface area contributed by atoms with Crippen molar-refractivity contribution in [2.24, 2.45) is 5.73 Å². The molecule has 46 heavy (non-hydrogen) atoms. The van der Waals surface area contributed by atoms with Crippen molar-refractivity contribution < 1.29 is 32.2 Å². The molecule has 3 N–H and O–H groups in total. The summed E-state index contributed by atoms with van der Waals surface area (Å²) in [4.78, 5) is 17.1. The van der Waals surface area contributed by atoms with Gasteiger partial charge in [0.05, 0.1) is 49.0 Å². The maximum atomic E-state index is 12.9. The molecule has 4 rings (SSSR count). The molecule has 0 radical (unpaired) electrons. The summed E-state index contributed by atoms with van der Waals surface area (Å²) in [6.07, 6.45) is -0.0942. The maximum Gasteiger partial charge on any atom is 0.410 e. The summed E-state index contributed by atoms with van der Waals surface area (Å²) in [5.74, 6) is 0.517. The second kappa shape index (κ2) is 15.6. The number of nitrogens with zero attached hydrogens (tertiary/aromatic N) is 3. The Balaban J connectivity index is 1.45. The van der Waals surface area contributed by atoms with Crippen molar-refractivity contribution >= 4 is 16.1 Å². The van der Waals surface area contributed by atoms with Gasteiger partial charge in [0.25, 0.3) is 0 Å². The van der Waals surface area contributed by atoms with Gasteiger partial charge < -0.3 is 29.6 Å². The second-order valence-electron chi connectivity index (χ2n) is 12.7. The molecule has 12 nitrogen and oxygen atoms in total. The van der Waals surface area contributed by atoms with Gasteiger partial charge in [0.2, 0.25) is 10.0 Å². The zero-order valence-corrected chi connectivity index (χ0v) is 28.3. The number of hydrogen-bond acceptors (Lipinski definition) is 10. The van der Waals surface area contributed by atoms with E-state index in [0.717, 1.165) is 16.7 Å². The molecule has 0 unspecified atom stereocenters. The SMILES string of the molecule is Cc1cc(C#N)c2c(c1)[C@H](Oc1ccc(S(=O)(=O)NCCOCCOCCN)cc1)[C@@H](N1CCN(C(=O)OC(C)(C)C)[C@H](C)C1)C2. The molecule has 0 bridgehead atoms. The predicted molar refractivity (Wildman–Crippen MR) is 173 cm³/mol. The van der Waals surface area contributed by atoms with Crippen LogP contribution in [0.5, 0.6) is 5.75 Å². The lowest BCUT2D eigenvalue weighted by atomic mass is 10.0. The molecule has 2 aliphatic rings. The molecule has 1 aliphatic heterocycles. The van der Waals surface area contributed by atoms with Gasteiger partial charge in [0, 0.05) is 38.8 Å². The van der Waals surface area contributed by atoms with Gasteiger partial charge in [-0.15, -0.1) is 0 Å². The van der Waals surface area contributed by atoms with Crippen LogP contribution in [0.15, 0.2) is 41.3 Å². The molecule has 2 aromatic rings. The molecule has 2 aromatic carbocycles. The molecule has 1 fully saturated rings. The van der Waals surface area contributed by atoms with Crippen molar-refractivity contribution in [3.05, 3.63) is 58.7 Å². The third kappa shape index (κ3) is 9.18. The van der Waals surface area contributed by atoms with Gasteiger partial charge in [0.1, 0.15) is 17.5 Å². The highest BCUT2D eigenvalue weighted by atomic mass is 32.2. The van der Waals surface area contributed by atoms with E-state index >= 15 is 0 Å². The minimum atomic E-state index is -3.75. The highest BCUT2D eigenvalue weighted by Gasteiger charge is 2.42. The van der Waals surface area contributed by atoms with Crippen molar-refractivity contribution in [1.82, 2.24) is 14.5 Å². The fourth-order valence-corrected chi connectivity index (χ4v) is 6.88. The molecular formula is C33H47N5O7S. The van der Waals surface area contributed by atoms with E-state index in [-0.39, 0.29) is 36.2 Å². The highest BCUT2D eigenvalue weighted by Crippen LogP contribution is 2.41. The van der Waals surface area contributed by atoms with Crippen LogP contribution in [0.2, 0.25) is 0 Å². The standard InChI is InChI=1S/C33H47N5O7S/c1-23-18-25(21-35)28-20-30(37-12-13-38(24(2)22-37)32(39)45-33(3,4)5)31(29(28)19-23)44-26-6-8-27(9-7-26)46(40,41)36-11-15-43-17-16-42-14-10-34/h6-9,18-19,24,30-31,36H,10-17,20,22,34H2,1-5H3/t24-,30+,31+/m1/s1. The first-order chi connectivity index (χ1) is 21.8. The van der Waals surface area contributed by atoms with E-state index in [2.05, 4.69) is 21.8 Å². The Labute approximate surface area is 272 Å². The number of ether oxygens (including phenoxy) is 4. The van der Waals surface area contributed by atoms with Gasteiger partial charge in [-0.05, 0) is 88.1 Å². The fraction of sp³-hybridized carbons (Fsp3) is 0.576. The number of nitriles is 1. The van der Waals surface area contributed by atoms with Gasteiger partial charge >= 0.3 is 6.09 Å². The molecule has 0 spiro atoms. The number of aryl methyl sites for hydroxylation is 1. The summed E-state index contributed by atoms with van der Waals surface area (Å²) < 4.78 is 51.1. The Morgan fingerprint density at radius 2 is 1.78 bits per heavy atom. The largest absolute Gasteiger partial charge is 0.484 e. The zero-order valence-electron chi connectivity index (χ0n) is 27.5. The number of amides is 1. The second-order valence-corrected chi connectivity index (χ2v) is 14.5. The molecule has 13 heteroatoms. The Morgan fingerprint density at radius 3 is 2.41 bits per heavy atom. The van der Waals surface area contributed by atoms with Crippen LogP contribution in [-0.2, 0) is 30.7 Å². The van der Waals surface area contributed by atoms with Gasteiger partial charge in [-0.25, -0.2) is 17.9 Å². The molecule has 252 valence electrons. The zero-order chi connectivity index (χ0) is 33.5. The first kappa shape index (κ1) is 35.6. The third-order valence-electron chi connectivity index (χ3n) is 7.94. The summed E-state index contributed by atoms with van der Waals surface area (Å²) in [7, 11) is -3.75. The average molecular weight is 658 g/mol. The van der Waals surface area contributed by atoms with Crippen molar-refractivity contribution in [3.63, 3.8) is 0 Å². The minimum absolute atomic E-state index is 0.0853. The summed E-state index contributed by atoms with van der Waals surface area (Å²) in [6, 6.07) is 12.5. The molecule has 1 amide bonds. The van der Waals surface area contributed by atoms with Crippen LogP contribution < -0.4 is 15.2 Å². The topological polar surface area (TPSA) is 156 Å². The van der Waals surface area contributed by atoms with E-state index in [1.54, 1.807) is 17.0 Å². The Bertz CT molecular complexity index is 1490. The van der Waals surface area contributed by atoms with Crippen LogP contribution >= 0.6 is 0 Å². The van der Waals surface area contributed by atoms with Gasteiger partial charge in [-0.3, -0.25) is 4.90 Å². The number of sulfonamides is 1. The number of piperazine rings is 1. The molecule has 1 saturated heterocycles. The Hall–Kier alpha value is -3.25. The number of carbonyl (C=O) groups excluding carboxylic acids is 1. The third-order valence-corrected chi connectivity index (χ3v) is 9.42. The number of nitrogens with one attached hydrogen (secondary N) is 1. The monoisotopic (exact) mass is 657 g/mol. The Kier molecular flexibility index (Phi) is 12.0. The smallest absolute Gasteiger partial charge is 0.410 e. The maximum absolute atomic E-state index is 12.9. The molecule has 1 heterocycles. The summed E-state index contributed by atoms with van der Waals surface area (Å²) in [5, 5.41) is 9.93. The molecular weight excluding hydrogens is 610 g/mol. The molecule has 3 atom stereocenters. The lowest BCUT2D eigenvalue weighted by Crippen LogP contribution is -2.58. The van der Waals surface area contributed by atoms with Crippen LogP contribution in [0.3, 0.4) is 0 Å². The summed E-state index contributed by atoms with van der Waals surface area (Å²) >= 11 is 0. The van der Waals surface area contributed by atoms with Crippen LogP contribution in [0.25, 0.3) is 0 Å². The lowest BCUT2D eigenvalue weighted by molar-refractivity contribution is -0.0147. The summed E-state index contributed by atoms with van der Waals surface area (Å²) in [6.45, 7) is 13.3. The van der Waals surface area contributed by atoms with Crippen molar-refractivity contribution in [2.45, 2.75) is 69.7 Å². The Morgan fingerprint density at radius 1 is 1.09 bits per heavy atom. The summed E-state index contributed by atoms with van der Waals surface area (Å²) in [5.41, 5.74) is 8.30. The van der Waals surface area contributed by atoms with Crippen LogP contribution in [0.1, 0.15) is 56.1 Å². The van der Waals surface area contributed by atoms with Crippen molar-refractivity contribution in [2.75, 3.05) is 59.2 Å². The number of carbonyl (C=O) groups is 1. The number of benzene rings is 2. The molecule has 0 aromatic heterocycles. The van der Waals surface area contributed by atoms with Crippen LogP contribution in [0.4, 0.5) is 4.79 Å². The molecule has 0 saturated carbocycles. The van der Waals surface area contributed by atoms with Gasteiger partial charge in [-0.2, -0.15) is 5.26 Å². The average Bonchev–Trinajstić information content (AvgIpc) is 3.35. The highest BCUT2D eigenvalue weighted by molar-refractivity contribution is 7.89. The first-order valence-electron chi connectivity index (χ1n) is 15.7. The predicted octanol–water partition coefficient (Wildman–Crippen LogP) is 3.12.